The molecule has 1 aromatic heterocycles. The summed E-state index contributed by atoms with van der Waals surface area (Å²) in [4.78, 5) is 6.54. The van der Waals surface area contributed by atoms with E-state index in [1.54, 1.807) is 0 Å². The van der Waals surface area contributed by atoms with Crippen molar-refractivity contribution in [3.8, 4) is 0 Å². The molecule has 0 saturated carbocycles. The number of nitrogens with zero attached hydrogens (tertiary/aromatic N) is 2. The smallest absolute Gasteiger partial charge is 0.0300 e. The van der Waals surface area contributed by atoms with Gasteiger partial charge in [-0.25, -0.2) is 0 Å². The molecule has 1 aromatic carbocycles. The zero-order valence-corrected chi connectivity index (χ0v) is 13.7. The van der Waals surface area contributed by atoms with Crippen molar-refractivity contribution in [1.82, 2.24) is 9.88 Å². The average Bonchev–Trinajstić information content (AvgIpc) is 2.47. The highest BCUT2D eigenvalue weighted by molar-refractivity contribution is 5.85. The molecule has 3 nitrogen and oxygen atoms in total. The number of pyridine rings is 1. The molecule has 0 amide bonds. The van der Waals surface area contributed by atoms with Crippen LogP contribution in [0.25, 0.3) is 0 Å². The van der Waals surface area contributed by atoms with Crippen molar-refractivity contribution < 1.29 is 0 Å². The van der Waals surface area contributed by atoms with Crippen LogP contribution in [0, 0.1) is 0 Å². The largest absolute Gasteiger partial charge is 0.329 e. The molecule has 0 saturated heterocycles. The summed E-state index contributed by atoms with van der Waals surface area (Å²) in [7, 11) is 0. The molecule has 5 heteroatoms. The van der Waals surface area contributed by atoms with E-state index in [4.69, 9.17) is 5.73 Å². The van der Waals surface area contributed by atoms with Gasteiger partial charge < -0.3 is 5.73 Å². The Morgan fingerprint density at radius 2 is 1.62 bits per heavy atom. The first kappa shape index (κ1) is 19.9. The minimum absolute atomic E-state index is 0. The SMILES string of the molecule is Cl.Cl.NCCN(CCc1cccnc1)Cc1ccccc1. The minimum Gasteiger partial charge on any atom is -0.329 e. The lowest BCUT2D eigenvalue weighted by Crippen LogP contribution is -2.31. The Kier molecular flexibility index (Phi) is 10.9. The Morgan fingerprint density at radius 1 is 0.905 bits per heavy atom. The van der Waals surface area contributed by atoms with Gasteiger partial charge in [-0.15, -0.1) is 24.8 Å². The van der Waals surface area contributed by atoms with Gasteiger partial charge in [-0.3, -0.25) is 9.88 Å². The maximum Gasteiger partial charge on any atom is 0.0300 e. The van der Waals surface area contributed by atoms with Crippen molar-refractivity contribution in [2.24, 2.45) is 5.73 Å². The number of aromatic nitrogens is 1. The zero-order valence-electron chi connectivity index (χ0n) is 12.0. The molecule has 0 bridgehead atoms. The van der Waals surface area contributed by atoms with Crippen LogP contribution in [0.15, 0.2) is 54.9 Å². The summed E-state index contributed by atoms with van der Waals surface area (Å²) in [6.07, 6.45) is 4.76. The molecule has 0 fully saturated rings. The molecule has 0 spiro atoms. The van der Waals surface area contributed by atoms with Gasteiger partial charge in [-0.2, -0.15) is 0 Å². The van der Waals surface area contributed by atoms with Gasteiger partial charge in [0.25, 0.3) is 0 Å². The van der Waals surface area contributed by atoms with Crippen LogP contribution in [-0.4, -0.2) is 29.5 Å². The lowest BCUT2D eigenvalue weighted by Gasteiger charge is -2.21. The molecule has 2 N–H and O–H groups in total. The third kappa shape index (κ3) is 7.44. The number of rotatable bonds is 7. The van der Waals surface area contributed by atoms with Crippen molar-refractivity contribution in [3.63, 3.8) is 0 Å². The maximum atomic E-state index is 5.70. The van der Waals surface area contributed by atoms with Crippen LogP contribution in [-0.2, 0) is 13.0 Å². The van der Waals surface area contributed by atoms with Gasteiger partial charge in [0.1, 0.15) is 0 Å². The Hall–Kier alpha value is -1.13. The summed E-state index contributed by atoms with van der Waals surface area (Å²) in [6.45, 7) is 3.59. The van der Waals surface area contributed by atoms with Gasteiger partial charge in [0.05, 0.1) is 0 Å². The van der Waals surface area contributed by atoms with E-state index in [1.165, 1.54) is 11.1 Å². The van der Waals surface area contributed by atoms with Crippen molar-refractivity contribution in [1.29, 1.82) is 0 Å². The zero-order chi connectivity index (χ0) is 13.3. The molecule has 0 atom stereocenters. The Bertz CT molecular complexity index is 465. The van der Waals surface area contributed by atoms with Crippen molar-refractivity contribution in [3.05, 3.63) is 66.0 Å². The number of halogens is 2. The van der Waals surface area contributed by atoms with Crippen LogP contribution in [0.4, 0.5) is 0 Å². The molecule has 0 aliphatic rings. The van der Waals surface area contributed by atoms with Crippen molar-refractivity contribution in [2.75, 3.05) is 19.6 Å². The van der Waals surface area contributed by atoms with Gasteiger partial charge in [0.15, 0.2) is 0 Å². The fourth-order valence-electron chi connectivity index (χ4n) is 2.13. The minimum atomic E-state index is 0. The number of nitrogens with two attached hydrogens (primary N) is 1. The molecule has 116 valence electrons. The summed E-state index contributed by atoms with van der Waals surface area (Å²) >= 11 is 0. The fraction of sp³-hybridized carbons (Fsp3) is 0.312. The number of hydrogen-bond donors (Lipinski definition) is 1. The highest BCUT2D eigenvalue weighted by Crippen LogP contribution is 2.06. The van der Waals surface area contributed by atoms with Crippen molar-refractivity contribution >= 4 is 24.8 Å². The first-order chi connectivity index (χ1) is 9.38. The standard InChI is InChI=1S/C16H21N3.2ClH/c17-9-12-19(14-16-5-2-1-3-6-16)11-8-15-7-4-10-18-13-15;;/h1-7,10,13H,8-9,11-12,14,17H2;2*1H. The van der Waals surface area contributed by atoms with Gasteiger partial charge >= 0.3 is 0 Å². The van der Waals surface area contributed by atoms with Crippen LogP contribution in [0.3, 0.4) is 0 Å². The molecule has 0 aliphatic carbocycles. The van der Waals surface area contributed by atoms with Crippen LogP contribution in [0.1, 0.15) is 11.1 Å². The first-order valence-electron chi connectivity index (χ1n) is 6.74. The predicted molar refractivity (Wildman–Crippen MR) is 93.2 cm³/mol. The van der Waals surface area contributed by atoms with Gasteiger partial charge in [0, 0.05) is 38.6 Å². The summed E-state index contributed by atoms with van der Waals surface area (Å²) in [5.74, 6) is 0. The van der Waals surface area contributed by atoms with E-state index in [0.717, 1.165) is 26.1 Å². The normalized spacial score (nSPS) is 9.81. The van der Waals surface area contributed by atoms with Crippen LogP contribution in [0.2, 0.25) is 0 Å². The molecule has 0 radical (unpaired) electrons. The van der Waals surface area contributed by atoms with E-state index in [2.05, 4.69) is 40.2 Å². The Morgan fingerprint density at radius 3 is 2.24 bits per heavy atom. The highest BCUT2D eigenvalue weighted by atomic mass is 35.5. The molecule has 2 aromatic rings. The lowest BCUT2D eigenvalue weighted by atomic mass is 10.1. The second kappa shape index (κ2) is 11.5. The Labute approximate surface area is 139 Å². The molecule has 2 rings (SSSR count). The summed E-state index contributed by atoms with van der Waals surface area (Å²) in [5, 5.41) is 0. The third-order valence-electron chi connectivity index (χ3n) is 3.13. The maximum absolute atomic E-state index is 5.70. The average molecular weight is 328 g/mol. The highest BCUT2D eigenvalue weighted by Gasteiger charge is 2.05. The molecule has 0 aliphatic heterocycles. The summed E-state index contributed by atoms with van der Waals surface area (Å²) < 4.78 is 0. The third-order valence-corrected chi connectivity index (χ3v) is 3.13. The number of benzene rings is 1. The van der Waals surface area contributed by atoms with Crippen molar-refractivity contribution in [2.45, 2.75) is 13.0 Å². The first-order valence-corrected chi connectivity index (χ1v) is 6.74. The second-order valence-corrected chi connectivity index (χ2v) is 4.66. The topological polar surface area (TPSA) is 42.1 Å². The lowest BCUT2D eigenvalue weighted by molar-refractivity contribution is 0.276. The molecule has 1 heterocycles. The van der Waals surface area contributed by atoms with Gasteiger partial charge in [0.2, 0.25) is 0 Å². The quantitative estimate of drug-likeness (QED) is 0.850. The van der Waals surface area contributed by atoms with E-state index >= 15 is 0 Å². The van der Waals surface area contributed by atoms with Crippen LogP contribution >= 0.6 is 24.8 Å². The van der Waals surface area contributed by atoms with Gasteiger partial charge in [-0.05, 0) is 23.6 Å². The monoisotopic (exact) mass is 327 g/mol. The number of hydrogen-bond acceptors (Lipinski definition) is 3. The van der Waals surface area contributed by atoms with Gasteiger partial charge in [-0.1, -0.05) is 36.4 Å². The Balaban J connectivity index is 0.00000200. The predicted octanol–water partition coefficient (Wildman–Crippen LogP) is 2.93. The molecule has 0 unspecified atom stereocenters. The molecular weight excluding hydrogens is 305 g/mol. The van der Waals surface area contributed by atoms with E-state index in [9.17, 15) is 0 Å². The second-order valence-electron chi connectivity index (χ2n) is 4.66. The van der Waals surface area contributed by atoms with E-state index in [1.807, 2.05) is 24.5 Å². The van der Waals surface area contributed by atoms with E-state index in [-0.39, 0.29) is 24.8 Å². The van der Waals surface area contributed by atoms with E-state index in [0.29, 0.717) is 6.54 Å². The van der Waals surface area contributed by atoms with Crippen LogP contribution in [0.5, 0.6) is 0 Å². The van der Waals surface area contributed by atoms with E-state index < -0.39 is 0 Å². The summed E-state index contributed by atoms with van der Waals surface area (Å²) in [6, 6.07) is 14.6. The summed E-state index contributed by atoms with van der Waals surface area (Å²) in [5.41, 5.74) is 8.31. The molecular formula is C16H23Cl2N3. The molecule has 21 heavy (non-hydrogen) atoms. The fourth-order valence-corrected chi connectivity index (χ4v) is 2.13. The van der Waals surface area contributed by atoms with Crippen LogP contribution < -0.4 is 5.73 Å².